The number of carbonyl (C=O) groups is 2. The van der Waals surface area contributed by atoms with Gasteiger partial charge in [-0.1, -0.05) is 253 Å². The lowest BCUT2D eigenvalue weighted by atomic mass is 10.0. The fourth-order valence-corrected chi connectivity index (χ4v) is 7.90. The van der Waals surface area contributed by atoms with Crippen LogP contribution in [0.5, 0.6) is 0 Å². The van der Waals surface area contributed by atoms with Crippen molar-refractivity contribution in [2.24, 2.45) is 0 Å². The van der Waals surface area contributed by atoms with Gasteiger partial charge in [0.2, 0.25) is 0 Å². The number of allylic oxidation sites excluding steroid dienone is 16. The van der Waals surface area contributed by atoms with Crippen molar-refractivity contribution in [1.82, 2.24) is 0 Å². The Morgan fingerprint density at radius 2 is 0.662 bits per heavy atom. The van der Waals surface area contributed by atoms with E-state index in [4.69, 9.17) is 14.2 Å². The van der Waals surface area contributed by atoms with E-state index in [9.17, 15) is 9.59 Å². The average Bonchev–Trinajstić information content (AvgIpc) is 3.34. The van der Waals surface area contributed by atoms with Crippen LogP contribution < -0.4 is 0 Å². The number of rotatable bonds is 52. The molecular formula is C63H108O5. The molecule has 1 atom stereocenters. The monoisotopic (exact) mass is 945 g/mol. The zero-order valence-corrected chi connectivity index (χ0v) is 44.8. The number of carbonyl (C=O) groups excluding carboxylic acids is 2. The van der Waals surface area contributed by atoms with E-state index < -0.39 is 6.10 Å². The first kappa shape index (κ1) is 64.8. The molecule has 0 aliphatic carbocycles. The molecule has 0 radical (unpaired) electrons. The summed E-state index contributed by atoms with van der Waals surface area (Å²) in [5.74, 6) is -0.426. The summed E-state index contributed by atoms with van der Waals surface area (Å²) >= 11 is 0. The molecule has 5 heteroatoms. The predicted octanol–water partition coefficient (Wildman–Crippen LogP) is 19.8. The lowest BCUT2D eigenvalue weighted by Crippen LogP contribution is -2.30. The zero-order valence-electron chi connectivity index (χ0n) is 44.8. The summed E-state index contributed by atoms with van der Waals surface area (Å²) in [6, 6.07) is 0. The third-order valence-electron chi connectivity index (χ3n) is 12.1. The van der Waals surface area contributed by atoms with Crippen molar-refractivity contribution in [2.45, 2.75) is 271 Å². The first-order valence-electron chi connectivity index (χ1n) is 28.8. The van der Waals surface area contributed by atoms with Crippen LogP contribution in [0.3, 0.4) is 0 Å². The third-order valence-corrected chi connectivity index (χ3v) is 12.1. The lowest BCUT2D eigenvalue weighted by molar-refractivity contribution is -0.163. The van der Waals surface area contributed by atoms with Gasteiger partial charge < -0.3 is 14.2 Å². The highest BCUT2D eigenvalue weighted by Gasteiger charge is 2.17. The zero-order chi connectivity index (χ0) is 49.2. The Labute approximate surface area is 422 Å². The summed E-state index contributed by atoms with van der Waals surface area (Å²) in [5, 5.41) is 0. The molecule has 5 nitrogen and oxygen atoms in total. The predicted molar refractivity (Wildman–Crippen MR) is 297 cm³/mol. The quantitative estimate of drug-likeness (QED) is 0.0345. The van der Waals surface area contributed by atoms with E-state index >= 15 is 0 Å². The molecule has 390 valence electrons. The maximum atomic E-state index is 12.9. The minimum Gasteiger partial charge on any atom is -0.462 e. The van der Waals surface area contributed by atoms with Gasteiger partial charge in [0.05, 0.1) is 6.61 Å². The molecule has 0 saturated heterocycles. The number of hydrogen-bond acceptors (Lipinski definition) is 5. The molecule has 0 bridgehead atoms. The van der Waals surface area contributed by atoms with Gasteiger partial charge in [-0.15, -0.1) is 0 Å². The molecule has 0 N–H and O–H groups in total. The summed E-state index contributed by atoms with van der Waals surface area (Å²) in [7, 11) is 0. The highest BCUT2D eigenvalue weighted by Crippen LogP contribution is 2.15. The topological polar surface area (TPSA) is 61.8 Å². The summed E-state index contributed by atoms with van der Waals surface area (Å²) in [6.07, 6.45) is 78.5. The van der Waals surface area contributed by atoms with E-state index in [0.717, 1.165) is 109 Å². The molecule has 0 heterocycles. The van der Waals surface area contributed by atoms with Gasteiger partial charge in [-0.25, -0.2) is 0 Å². The Kier molecular flexibility index (Phi) is 55.4. The molecule has 0 rings (SSSR count). The van der Waals surface area contributed by atoms with Crippen LogP contribution in [0.25, 0.3) is 0 Å². The highest BCUT2D eigenvalue weighted by atomic mass is 16.6. The van der Waals surface area contributed by atoms with E-state index in [1.54, 1.807) is 0 Å². The number of unbranched alkanes of at least 4 members (excludes halogenated alkanes) is 25. The van der Waals surface area contributed by atoms with Gasteiger partial charge in [-0.2, -0.15) is 0 Å². The Bertz CT molecular complexity index is 1300. The Morgan fingerprint density at radius 3 is 1.06 bits per heavy atom. The van der Waals surface area contributed by atoms with Crippen LogP contribution in [-0.4, -0.2) is 37.9 Å². The van der Waals surface area contributed by atoms with Crippen LogP contribution in [0.1, 0.15) is 265 Å². The highest BCUT2D eigenvalue weighted by molar-refractivity contribution is 5.70. The van der Waals surface area contributed by atoms with Crippen molar-refractivity contribution < 1.29 is 23.8 Å². The van der Waals surface area contributed by atoms with Crippen LogP contribution in [-0.2, 0) is 23.8 Å². The van der Waals surface area contributed by atoms with Crippen molar-refractivity contribution in [3.05, 3.63) is 97.2 Å². The van der Waals surface area contributed by atoms with Crippen LogP contribution in [0, 0.1) is 0 Å². The second-order valence-electron chi connectivity index (χ2n) is 18.8. The van der Waals surface area contributed by atoms with Crippen LogP contribution in [0.4, 0.5) is 0 Å². The molecule has 0 fully saturated rings. The molecule has 68 heavy (non-hydrogen) atoms. The van der Waals surface area contributed by atoms with Crippen molar-refractivity contribution in [2.75, 3.05) is 19.8 Å². The van der Waals surface area contributed by atoms with Crippen molar-refractivity contribution in [3.63, 3.8) is 0 Å². The molecule has 0 aliphatic heterocycles. The second-order valence-corrected chi connectivity index (χ2v) is 18.8. The molecular weight excluding hydrogens is 837 g/mol. The molecule has 0 aromatic rings. The lowest BCUT2D eigenvalue weighted by Gasteiger charge is -2.18. The van der Waals surface area contributed by atoms with Crippen molar-refractivity contribution >= 4 is 11.9 Å². The Hall–Kier alpha value is -3.18. The van der Waals surface area contributed by atoms with Gasteiger partial charge >= 0.3 is 11.9 Å². The molecule has 0 aromatic carbocycles. The molecule has 0 amide bonds. The van der Waals surface area contributed by atoms with Gasteiger partial charge in [-0.05, 0) is 96.3 Å². The van der Waals surface area contributed by atoms with E-state index in [0.29, 0.717) is 19.4 Å². The third kappa shape index (κ3) is 55.4. The number of ether oxygens (including phenoxy) is 3. The first-order valence-corrected chi connectivity index (χ1v) is 28.8. The SMILES string of the molecule is CC/C=C\C/C=C\C/C=C\C/C=C\CCCCCCCCCOCC(COC(=O)CCCCCC/C=C\C/C=C\C/C=C\C/C=C\CC)OC(=O)CCCCCCCCCCCCCCCCC. The van der Waals surface area contributed by atoms with Crippen molar-refractivity contribution in [1.29, 1.82) is 0 Å². The molecule has 0 aliphatic rings. The molecule has 0 saturated carbocycles. The minimum atomic E-state index is -0.556. The largest absolute Gasteiger partial charge is 0.462 e. The van der Waals surface area contributed by atoms with Gasteiger partial charge in [0.15, 0.2) is 6.10 Å². The summed E-state index contributed by atoms with van der Waals surface area (Å²) in [4.78, 5) is 25.5. The Morgan fingerprint density at radius 1 is 0.338 bits per heavy atom. The van der Waals surface area contributed by atoms with Crippen LogP contribution in [0.2, 0.25) is 0 Å². The second kappa shape index (κ2) is 58.1. The first-order chi connectivity index (χ1) is 33.6. The van der Waals surface area contributed by atoms with Crippen LogP contribution in [0.15, 0.2) is 97.2 Å². The molecule has 0 aromatic heterocycles. The number of hydrogen-bond donors (Lipinski definition) is 0. The molecule has 0 spiro atoms. The van der Waals surface area contributed by atoms with E-state index in [1.807, 2.05) is 0 Å². The van der Waals surface area contributed by atoms with Gasteiger partial charge in [0.25, 0.3) is 0 Å². The normalized spacial score (nSPS) is 12.9. The molecule has 1 unspecified atom stereocenters. The minimum absolute atomic E-state index is 0.0656. The maximum absolute atomic E-state index is 12.9. The average molecular weight is 946 g/mol. The van der Waals surface area contributed by atoms with Gasteiger partial charge in [0.1, 0.15) is 6.61 Å². The van der Waals surface area contributed by atoms with E-state index in [-0.39, 0.29) is 25.2 Å². The van der Waals surface area contributed by atoms with Crippen LogP contribution >= 0.6 is 0 Å². The van der Waals surface area contributed by atoms with Crippen molar-refractivity contribution in [3.8, 4) is 0 Å². The van der Waals surface area contributed by atoms with Gasteiger partial charge in [0, 0.05) is 19.4 Å². The van der Waals surface area contributed by atoms with E-state index in [1.165, 1.54) is 122 Å². The summed E-state index contributed by atoms with van der Waals surface area (Å²) in [5.41, 5.74) is 0. The maximum Gasteiger partial charge on any atom is 0.306 e. The standard InChI is InChI=1S/C63H108O5/c1-4-7-10-13-16-19-22-25-28-30-31-32-34-37-40-43-46-49-52-55-58-66-59-61(68-63(65)57-54-51-48-45-42-39-35-27-24-21-18-15-12-9-6-3)60-67-62(64)56-53-50-47-44-41-38-36-33-29-26-23-20-17-14-11-8-5-2/h7-8,10-11,16-17,19-20,25-26,28-29,31-32,36,38,61H,4-6,9,12-15,18,21-24,27,30,33-35,37,39-60H2,1-3H3/b10-7-,11-8-,19-16-,20-17-,28-25-,29-26-,32-31-,38-36-. The van der Waals surface area contributed by atoms with E-state index in [2.05, 4.69) is 118 Å². The Balaban J connectivity index is 4.33. The number of esters is 2. The summed E-state index contributed by atoms with van der Waals surface area (Å²) < 4.78 is 17.5. The fraction of sp³-hybridized carbons (Fsp3) is 0.714. The van der Waals surface area contributed by atoms with Gasteiger partial charge in [-0.3, -0.25) is 9.59 Å². The fourth-order valence-electron chi connectivity index (χ4n) is 7.90. The smallest absolute Gasteiger partial charge is 0.306 e. The summed E-state index contributed by atoms with van der Waals surface area (Å²) in [6.45, 7) is 7.58.